The predicted octanol–water partition coefficient (Wildman–Crippen LogP) is 4.08. The second-order valence-electron chi connectivity index (χ2n) is 4.11. The Balaban J connectivity index is 2.26. The van der Waals surface area contributed by atoms with Gasteiger partial charge in [-0.1, -0.05) is 17.7 Å². The number of halogens is 4. The van der Waals surface area contributed by atoms with Gasteiger partial charge in [-0.05, 0) is 13.0 Å². The zero-order valence-electron chi connectivity index (χ0n) is 10.6. The van der Waals surface area contributed by atoms with Crippen molar-refractivity contribution in [2.45, 2.75) is 25.4 Å². The molecule has 0 aliphatic carbocycles. The normalized spacial score (nSPS) is 11.6. The highest BCUT2D eigenvalue weighted by Gasteiger charge is 2.27. The standard InChI is InChI=1S/C13H16ClF3O2/c1-10-3-4-12(11(7-10)8-14)19-6-2-5-18-9-13(15,16)17/h3-4,7H,2,5-6,8-9H2,1H3. The lowest BCUT2D eigenvalue weighted by Gasteiger charge is -2.11. The molecule has 0 aromatic heterocycles. The molecular weight excluding hydrogens is 281 g/mol. The van der Waals surface area contributed by atoms with Crippen LogP contribution in [0.5, 0.6) is 5.75 Å². The number of aryl methyl sites for hydroxylation is 1. The Bertz CT molecular complexity index is 394. The van der Waals surface area contributed by atoms with Gasteiger partial charge in [0.15, 0.2) is 0 Å². The summed E-state index contributed by atoms with van der Waals surface area (Å²) in [7, 11) is 0. The van der Waals surface area contributed by atoms with Crippen molar-refractivity contribution in [2.24, 2.45) is 0 Å². The van der Waals surface area contributed by atoms with Crippen molar-refractivity contribution in [1.29, 1.82) is 0 Å². The molecule has 19 heavy (non-hydrogen) atoms. The van der Waals surface area contributed by atoms with Gasteiger partial charge in [-0.3, -0.25) is 0 Å². The summed E-state index contributed by atoms with van der Waals surface area (Å²) in [5, 5.41) is 0. The van der Waals surface area contributed by atoms with Gasteiger partial charge < -0.3 is 9.47 Å². The minimum absolute atomic E-state index is 0.0155. The number of hydrogen-bond acceptors (Lipinski definition) is 2. The molecule has 1 aromatic carbocycles. The van der Waals surface area contributed by atoms with Crippen LogP contribution < -0.4 is 4.74 Å². The monoisotopic (exact) mass is 296 g/mol. The number of rotatable bonds is 7. The van der Waals surface area contributed by atoms with Crippen LogP contribution in [0, 0.1) is 6.92 Å². The maximum Gasteiger partial charge on any atom is 0.411 e. The molecule has 0 N–H and O–H groups in total. The molecule has 108 valence electrons. The van der Waals surface area contributed by atoms with E-state index in [4.69, 9.17) is 16.3 Å². The topological polar surface area (TPSA) is 18.5 Å². The molecule has 0 heterocycles. The van der Waals surface area contributed by atoms with Crippen molar-refractivity contribution in [3.8, 4) is 5.75 Å². The Morgan fingerprint density at radius 3 is 2.58 bits per heavy atom. The predicted molar refractivity (Wildman–Crippen MR) is 67.7 cm³/mol. The highest BCUT2D eigenvalue weighted by molar-refractivity contribution is 6.17. The second-order valence-corrected chi connectivity index (χ2v) is 4.38. The number of benzene rings is 1. The van der Waals surface area contributed by atoms with E-state index in [1.54, 1.807) is 0 Å². The SMILES string of the molecule is Cc1ccc(OCCCOCC(F)(F)F)c(CCl)c1. The van der Waals surface area contributed by atoms with Crippen LogP contribution in [0.1, 0.15) is 17.5 Å². The zero-order chi connectivity index (χ0) is 14.3. The van der Waals surface area contributed by atoms with Crippen molar-refractivity contribution < 1.29 is 22.6 Å². The molecular formula is C13H16ClF3O2. The van der Waals surface area contributed by atoms with E-state index in [-0.39, 0.29) is 6.61 Å². The van der Waals surface area contributed by atoms with E-state index in [1.165, 1.54) is 0 Å². The van der Waals surface area contributed by atoms with E-state index in [9.17, 15) is 13.2 Å². The Kier molecular flexibility index (Phi) is 6.45. The van der Waals surface area contributed by atoms with Gasteiger partial charge in [-0.2, -0.15) is 13.2 Å². The fraction of sp³-hybridized carbons (Fsp3) is 0.538. The van der Waals surface area contributed by atoms with Crippen LogP contribution in [-0.4, -0.2) is 26.0 Å². The van der Waals surface area contributed by atoms with E-state index in [1.807, 2.05) is 25.1 Å². The molecule has 0 saturated carbocycles. The number of ether oxygens (including phenoxy) is 2. The van der Waals surface area contributed by atoms with Gasteiger partial charge in [0.1, 0.15) is 12.4 Å². The van der Waals surface area contributed by atoms with Gasteiger partial charge in [-0.25, -0.2) is 0 Å². The zero-order valence-corrected chi connectivity index (χ0v) is 11.4. The van der Waals surface area contributed by atoms with Gasteiger partial charge in [0.2, 0.25) is 0 Å². The van der Waals surface area contributed by atoms with Crippen molar-refractivity contribution in [1.82, 2.24) is 0 Å². The Labute approximate surface area is 115 Å². The maximum atomic E-state index is 11.8. The van der Waals surface area contributed by atoms with Crippen LogP contribution >= 0.6 is 11.6 Å². The van der Waals surface area contributed by atoms with E-state index in [0.29, 0.717) is 24.7 Å². The van der Waals surface area contributed by atoms with Crippen LogP contribution in [0.4, 0.5) is 13.2 Å². The second kappa shape index (κ2) is 7.60. The first-order chi connectivity index (χ1) is 8.92. The lowest BCUT2D eigenvalue weighted by atomic mass is 10.1. The molecule has 0 radical (unpaired) electrons. The van der Waals surface area contributed by atoms with Gasteiger partial charge in [0, 0.05) is 12.0 Å². The summed E-state index contributed by atoms with van der Waals surface area (Å²) < 4.78 is 45.3. The van der Waals surface area contributed by atoms with E-state index in [2.05, 4.69) is 4.74 Å². The Morgan fingerprint density at radius 2 is 1.95 bits per heavy atom. The number of alkyl halides is 4. The fourth-order valence-corrected chi connectivity index (χ4v) is 1.69. The molecule has 0 bridgehead atoms. The van der Waals surface area contributed by atoms with Crippen LogP contribution in [0.3, 0.4) is 0 Å². The third-order valence-electron chi connectivity index (χ3n) is 2.32. The molecule has 6 heteroatoms. The highest BCUT2D eigenvalue weighted by atomic mass is 35.5. The Hall–Kier alpha value is -0.940. The lowest BCUT2D eigenvalue weighted by Crippen LogP contribution is -2.18. The van der Waals surface area contributed by atoms with Gasteiger partial charge in [-0.15, -0.1) is 11.6 Å². The van der Waals surface area contributed by atoms with Crippen LogP contribution in [0.15, 0.2) is 18.2 Å². The number of hydrogen-bond donors (Lipinski definition) is 0. The summed E-state index contributed by atoms with van der Waals surface area (Å²) in [6.45, 7) is 1.04. The molecule has 0 atom stereocenters. The van der Waals surface area contributed by atoms with Crippen molar-refractivity contribution in [3.05, 3.63) is 29.3 Å². The van der Waals surface area contributed by atoms with Crippen LogP contribution in [0.25, 0.3) is 0 Å². The Morgan fingerprint density at radius 1 is 1.21 bits per heavy atom. The highest BCUT2D eigenvalue weighted by Crippen LogP contribution is 2.22. The molecule has 0 fully saturated rings. The van der Waals surface area contributed by atoms with Crippen molar-refractivity contribution in [3.63, 3.8) is 0 Å². The van der Waals surface area contributed by atoms with Gasteiger partial charge >= 0.3 is 6.18 Å². The van der Waals surface area contributed by atoms with E-state index in [0.717, 1.165) is 11.1 Å². The average Bonchev–Trinajstić information content (AvgIpc) is 2.33. The first-order valence-corrected chi connectivity index (χ1v) is 6.38. The first-order valence-electron chi connectivity index (χ1n) is 5.85. The summed E-state index contributed by atoms with van der Waals surface area (Å²) >= 11 is 5.79. The summed E-state index contributed by atoms with van der Waals surface area (Å²) in [6.07, 6.45) is -3.88. The minimum atomic E-state index is -4.27. The lowest BCUT2D eigenvalue weighted by molar-refractivity contribution is -0.174. The van der Waals surface area contributed by atoms with Crippen molar-refractivity contribution >= 4 is 11.6 Å². The summed E-state index contributed by atoms with van der Waals surface area (Å²) in [5.74, 6) is 0.998. The minimum Gasteiger partial charge on any atom is -0.493 e. The molecule has 0 unspecified atom stereocenters. The van der Waals surface area contributed by atoms with E-state index < -0.39 is 12.8 Å². The molecule has 0 aliphatic heterocycles. The molecule has 0 saturated heterocycles. The average molecular weight is 297 g/mol. The molecule has 1 aromatic rings. The molecule has 1 rings (SSSR count). The summed E-state index contributed by atoms with van der Waals surface area (Å²) in [4.78, 5) is 0. The molecule has 2 nitrogen and oxygen atoms in total. The molecule has 0 spiro atoms. The quantitative estimate of drug-likeness (QED) is 0.557. The van der Waals surface area contributed by atoms with Crippen LogP contribution in [0.2, 0.25) is 0 Å². The molecule has 0 aliphatic rings. The summed E-state index contributed by atoms with van der Waals surface area (Å²) in [6, 6.07) is 5.62. The summed E-state index contributed by atoms with van der Waals surface area (Å²) in [5.41, 5.74) is 1.95. The first kappa shape index (κ1) is 16.1. The van der Waals surface area contributed by atoms with E-state index >= 15 is 0 Å². The van der Waals surface area contributed by atoms with Gasteiger partial charge in [0.25, 0.3) is 0 Å². The van der Waals surface area contributed by atoms with Crippen molar-refractivity contribution in [2.75, 3.05) is 19.8 Å². The third kappa shape index (κ3) is 6.68. The molecule has 0 amide bonds. The maximum absolute atomic E-state index is 11.8. The van der Waals surface area contributed by atoms with Crippen LogP contribution in [-0.2, 0) is 10.6 Å². The smallest absolute Gasteiger partial charge is 0.411 e. The largest absolute Gasteiger partial charge is 0.493 e. The third-order valence-corrected chi connectivity index (χ3v) is 2.60. The fourth-order valence-electron chi connectivity index (χ4n) is 1.48. The van der Waals surface area contributed by atoms with Gasteiger partial charge in [0.05, 0.1) is 19.1 Å².